The molecule has 0 bridgehead atoms. The summed E-state index contributed by atoms with van der Waals surface area (Å²) in [6, 6.07) is -0.730. The number of carbonyl (C=O) groups is 2. The molecule has 2 heterocycles. The first-order chi connectivity index (χ1) is 10.1. The summed E-state index contributed by atoms with van der Waals surface area (Å²) in [4.78, 5) is 25.9. The Balaban J connectivity index is 1.94. The van der Waals surface area contributed by atoms with Crippen LogP contribution in [0.15, 0.2) is 10.7 Å². The van der Waals surface area contributed by atoms with Crippen molar-refractivity contribution >= 4 is 11.9 Å². The van der Waals surface area contributed by atoms with E-state index in [1.54, 1.807) is 11.8 Å². The minimum Gasteiger partial charge on any atom is -0.480 e. The molecule has 21 heavy (non-hydrogen) atoms. The van der Waals surface area contributed by atoms with E-state index in [1.165, 1.54) is 12.6 Å². The van der Waals surface area contributed by atoms with Gasteiger partial charge in [0.1, 0.15) is 6.04 Å². The van der Waals surface area contributed by atoms with Crippen molar-refractivity contribution in [2.75, 3.05) is 0 Å². The topological polar surface area (TPSA) is 83.6 Å². The summed E-state index contributed by atoms with van der Waals surface area (Å²) in [5, 5.41) is 13.1. The van der Waals surface area contributed by atoms with Gasteiger partial charge in [-0.25, -0.2) is 4.79 Å². The van der Waals surface area contributed by atoms with Crippen LogP contribution in [0.1, 0.15) is 54.6 Å². The van der Waals surface area contributed by atoms with Crippen LogP contribution in [0, 0.1) is 12.8 Å². The van der Waals surface area contributed by atoms with Gasteiger partial charge in [0.25, 0.3) is 5.91 Å². The number of piperidine rings is 1. The first kappa shape index (κ1) is 14.1. The molecule has 6 heteroatoms. The van der Waals surface area contributed by atoms with Crippen molar-refractivity contribution in [1.82, 2.24) is 10.1 Å². The molecule has 0 radical (unpaired) electrons. The summed E-state index contributed by atoms with van der Waals surface area (Å²) in [6.07, 6.45) is 7.08. The SMILES string of the molecule is Cc1cnoc1C(=O)N1C(C(=O)O)CCC2CCCCC21. The van der Waals surface area contributed by atoms with Gasteiger partial charge < -0.3 is 14.5 Å². The zero-order valence-corrected chi connectivity index (χ0v) is 12.1. The van der Waals surface area contributed by atoms with E-state index in [0.717, 1.165) is 25.7 Å². The number of nitrogens with zero attached hydrogens (tertiary/aromatic N) is 2. The van der Waals surface area contributed by atoms with Crippen LogP contribution < -0.4 is 0 Å². The van der Waals surface area contributed by atoms with Gasteiger partial charge in [-0.2, -0.15) is 0 Å². The third-order valence-electron chi connectivity index (χ3n) is 4.84. The van der Waals surface area contributed by atoms with E-state index in [0.29, 0.717) is 17.9 Å². The largest absolute Gasteiger partial charge is 0.480 e. The van der Waals surface area contributed by atoms with Crippen LogP contribution in [0.4, 0.5) is 0 Å². The highest BCUT2D eigenvalue weighted by Gasteiger charge is 2.45. The molecule has 1 saturated heterocycles. The standard InChI is InChI=1S/C15H20N2O4/c1-9-8-16-21-13(9)14(18)17-11-5-3-2-4-10(11)6-7-12(17)15(19)20/h8,10-12H,2-7H2,1H3,(H,19,20). The summed E-state index contributed by atoms with van der Waals surface area (Å²) >= 11 is 0. The van der Waals surface area contributed by atoms with Crippen LogP contribution in [0.5, 0.6) is 0 Å². The average Bonchev–Trinajstić information content (AvgIpc) is 2.91. The molecule has 1 aromatic rings. The Hall–Kier alpha value is -1.85. The first-order valence-corrected chi connectivity index (χ1v) is 7.56. The van der Waals surface area contributed by atoms with Crippen LogP contribution in [0.25, 0.3) is 0 Å². The van der Waals surface area contributed by atoms with Gasteiger partial charge in [0, 0.05) is 11.6 Å². The van der Waals surface area contributed by atoms with Crippen molar-refractivity contribution in [2.45, 2.75) is 57.5 Å². The number of likely N-dealkylation sites (tertiary alicyclic amines) is 1. The van der Waals surface area contributed by atoms with Crippen molar-refractivity contribution in [3.05, 3.63) is 17.5 Å². The molecule has 3 atom stereocenters. The Morgan fingerprint density at radius 3 is 2.71 bits per heavy atom. The molecular weight excluding hydrogens is 272 g/mol. The van der Waals surface area contributed by atoms with E-state index < -0.39 is 12.0 Å². The van der Waals surface area contributed by atoms with Crippen LogP contribution in [-0.4, -0.2) is 39.1 Å². The molecule has 3 unspecified atom stereocenters. The third kappa shape index (κ3) is 2.43. The number of carbonyl (C=O) groups excluding carboxylic acids is 1. The van der Waals surface area contributed by atoms with E-state index in [9.17, 15) is 14.7 Å². The Morgan fingerprint density at radius 1 is 1.29 bits per heavy atom. The molecule has 1 aliphatic heterocycles. The van der Waals surface area contributed by atoms with Crippen molar-refractivity contribution in [1.29, 1.82) is 0 Å². The lowest BCUT2D eigenvalue weighted by atomic mass is 9.76. The fourth-order valence-electron chi connectivity index (χ4n) is 3.78. The second-order valence-electron chi connectivity index (χ2n) is 6.09. The van der Waals surface area contributed by atoms with Gasteiger partial charge in [0.05, 0.1) is 6.20 Å². The number of rotatable bonds is 2. The van der Waals surface area contributed by atoms with Crippen molar-refractivity contribution < 1.29 is 19.2 Å². The van der Waals surface area contributed by atoms with Crippen molar-refractivity contribution in [3.8, 4) is 0 Å². The van der Waals surface area contributed by atoms with Crippen LogP contribution in [0.2, 0.25) is 0 Å². The number of aliphatic carboxylic acids is 1. The normalized spacial score (nSPS) is 29.0. The van der Waals surface area contributed by atoms with Crippen molar-refractivity contribution in [2.24, 2.45) is 5.92 Å². The molecular formula is C15H20N2O4. The van der Waals surface area contributed by atoms with Gasteiger partial charge >= 0.3 is 5.97 Å². The van der Waals surface area contributed by atoms with Gasteiger partial charge in [-0.3, -0.25) is 4.79 Å². The highest BCUT2D eigenvalue weighted by Crippen LogP contribution is 2.38. The van der Waals surface area contributed by atoms with E-state index in [-0.39, 0.29) is 17.7 Å². The maximum absolute atomic E-state index is 12.8. The molecule has 1 N–H and O–H groups in total. The molecule has 114 valence electrons. The number of aryl methyl sites for hydroxylation is 1. The molecule has 1 amide bonds. The second kappa shape index (κ2) is 5.50. The molecule has 1 aliphatic carbocycles. The molecule has 0 spiro atoms. The minimum atomic E-state index is -0.926. The van der Waals surface area contributed by atoms with E-state index in [4.69, 9.17) is 4.52 Å². The number of carboxylic acids is 1. The Kier molecular flexibility index (Phi) is 3.69. The Bertz CT molecular complexity index is 554. The van der Waals surface area contributed by atoms with Crippen LogP contribution >= 0.6 is 0 Å². The number of hydrogen-bond acceptors (Lipinski definition) is 4. The predicted molar refractivity (Wildman–Crippen MR) is 73.8 cm³/mol. The highest BCUT2D eigenvalue weighted by atomic mass is 16.5. The zero-order valence-electron chi connectivity index (χ0n) is 12.1. The number of carboxylic acid groups (broad SMARTS) is 1. The van der Waals surface area contributed by atoms with Crippen LogP contribution in [0.3, 0.4) is 0 Å². The number of fused-ring (bicyclic) bond motifs is 1. The molecule has 2 fully saturated rings. The van der Waals surface area contributed by atoms with Gasteiger partial charge in [-0.1, -0.05) is 18.0 Å². The maximum Gasteiger partial charge on any atom is 0.326 e. The summed E-state index contributed by atoms with van der Waals surface area (Å²) in [6.45, 7) is 1.75. The molecule has 2 aliphatic rings. The number of hydrogen-bond donors (Lipinski definition) is 1. The Labute approximate surface area is 123 Å². The summed E-state index contributed by atoms with van der Waals surface area (Å²) < 4.78 is 5.05. The minimum absolute atomic E-state index is 0.0191. The van der Waals surface area contributed by atoms with E-state index in [2.05, 4.69) is 5.16 Å². The first-order valence-electron chi connectivity index (χ1n) is 7.56. The van der Waals surface area contributed by atoms with Gasteiger partial charge in [-0.05, 0) is 38.5 Å². The second-order valence-corrected chi connectivity index (χ2v) is 6.09. The molecule has 3 rings (SSSR count). The molecule has 1 saturated carbocycles. The predicted octanol–water partition coefficient (Wildman–Crippen LogP) is 2.23. The van der Waals surface area contributed by atoms with Crippen LogP contribution in [-0.2, 0) is 4.79 Å². The van der Waals surface area contributed by atoms with Gasteiger partial charge in [0.2, 0.25) is 5.76 Å². The van der Waals surface area contributed by atoms with Gasteiger partial charge in [0.15, 0.2) is 0 Å². The molecule has 1 aromatic heterocycles. The smallest absolute Gasteiger partial charge is 0.326 e. The monoisotopic (exact) mass is 292 g/mol. The lowest BCUT2D eigenvalue weighted by Gasteiger charge is -2.46. The number of amides is 1. The fraction of sp³-hybridized carbons (Fsp3) is 0.667. The molecule has 0 aromatic carbocycles. The fourth-order valence-corrected chi connectivity index (χ4v) is 3.78. The number of aromatic nitrogens is 1. The maximum atomic E-state index is 12.8. The Morgan fingerprint density at radius 2 is 2.05 bits per heavy atom. The van der Waals surface area contributed by atoms with E-state index in [1.807, 2.05) is 0 Å². The third-order valence-corrected chi connectivity index (χ3v) is 4.84. The zero-order chi connectivity index (χ0) is 15.0. The quantitative estimate of drug-likeness (QED) is 0.903. The molecule has 6 nitrogen and oxygen atoms in total. The van der Waals surface area contributed by atoms with Gasteiger partial charge in [-0.15, -0.1) is 0 Å². The lowest BCUT2D eigenvalue weighted by Crippen LogP contribution is -2.57. The summed E-state index contributed by atoms with van der Waals surface area (Å²) in [7, 11) is 0. The lowest BCUT2D eigenvalue weighted by molar-refractivity contribution is -0.146. The highest BCUT2D eigenvalue weighted by molar-refractivity contribution is 5.95. The van der Waals surface area contributed by atoms with E-state index >= 15 is 0 Å². The summed E-state index contributed by atoms with van der Waals surface area (Å²) in [5.41, 5.74) is 0.655. The average molecular weight is 292 g/mol. The summed E-state index contributed by atoms with van der Waals surface area (Å²) in [5.74, 6) is -0.660. The van der Waals surface area contributed by atoms with Crippen molar-refractivity contribution in [3.63, 3.8) is 0 Å².